The van der Waals surface area contributed by atoms with Crippen LogP contribution >= 0.6 is 0 Å². The average Bonchev–Trinajstić information content (AvgIpc) is 2.94. The summed E-state index contributed by atoms with van der Waals surface area (Å²) in [6.45, 7) is 0. The predicted molar refractivity (Wildman–Crippen MR) is 77.8 cm³/mol. The molecule has 1 N–H and O–H groups in total. The van der Waals surface area contributed by atoms with Crippen LogP contribution in [0.4, 0.5) is 17.3 Å². The molecule has 20 heavy (non-hydrogen) atoms. The van der Waals surface area contributed by atoms with E-state index < -0.39 is 0 Å². The van der Waals surface area contributed by atoms with Crippen molar-refractivity contribution in [3.8, 4) is 6.19 Å². The highest BCUT2D eigenvalue weighted by Crippen LogP contribution is 2.26. The molecule has 0 unspecified atom stereocenters. The molecule has 0 saturated carbocycles. The molecule has 1 aromatic heterocycles. The molecular weight excluding hydrogens is 250 g/mol. The van der Waals surface area contributed by atoms with Crippen molar-refractivity contribution in [1.29, 1.82) is 5.26 Å². The molecule has 1 aliphatic carbocycles. The van der Waals surface area contributed by atoms with Gasteiger partial charge in [0.1, 0.15) is 18.0 Å². The molecule has 0 aliphatic heterocycles. The molecule has 1 heterocycles. The smallest absolute Gasteiger partial charge is 0.185 e. The maximum Gasteiger partial charge on any atom is 0.185 e. The second-order valence-electron chi connectivity index (χ2n) is 4.88. The van der Waals surface area contributed by atoms with Crippen molar-refractivity contribution < 1.29 is 0 Å². The first-order valence-electron chi connectivity index (χ1n) is 6.60. The Kier molecular flexibility index (Phi) is 3.21. The van der Waals surface area contributed by atoms with Crippen LogP contribution < -0.4 is 10.2 Å². The maximum absolute atomic E-state index is 8.87. The molecule has 3 rings (SSSR count). The summed E-state index contributed by atoms with van der Waals surface area (Å²) < 4.78 is 0. The Morgan fingerprint density at radius 2 is 2.05 bits per heavy atom. The molecule has 5 nitrogen and oxygen atoms in total. The monoisotopic (exact) mass is 265 g/mol. The molecule has 0 atom stereocenters. The highest BCUT2D eigenvalue weighted by Gasteiger charge is 2.11. The predicted octanol–water partition coefficient (Wildman–Crippen LogP) is 2.63. The summed E-state index contributed by atoms with van der Waals surface area (Å²) >= 11 is 0. The molecule has 0 amide bonds. The van der Waals surface area contributed by atoms with E-state index in [1.54, 1.807) is 13.1 Å². The summed E-state index contributed by atoms with van der Waals surface area (Å²) in [5.74, 6) is 1.27. The minimum atomic E-state index is 0.575. The Bertz CT molecular complexity index is 674. The first kappa shape index (κ1) is 12.4. The number of anilines is 3. The number of nitrogens with zero attached hydrogens (tertiary/aromatic N) is 4. The van der Waals surface area contributed by atoms with E-state index >= 15 is 0 Å². The van der Waals surface area contributed by atoms with Crippen LogP contribution in [-0.4, -0.2) is 17.0 Å². The normalized spacial score (nSPS) is 12.6. The number of nitrogens with one attached hydrogen (secondary N) is 1. The highest BCUT2D eigenvalue weighted by atomic mass is 15.2. The zero-order valence-electron chi connectivity index (χ0n) is 11.3. The standard InChI is InChI=1S/C15H15N5/c1-20(9-16)15-8-14(17-10-18-15)19-13-6-5-11-3-2-4-12(11)7-13/h5-8,10H,2-4H2,1H3,(H,17,18,19). The van der Waals surface area contributed by atoms with Crippen LogP contribution in [-0.2, 0) is 12.8 Å². The Balaban J connectivity index is 1.83. The van der Waals surface area contributed by atoms with Gasteiger partial charge in [-0.05, 0) is 42.5 Å². The second kappa shape index (κ2) is 5.17. The molecule has 1 aliphatic rings. The van der Waals surface area contributed by atoms with Crippen molar-refractivity contribution in [3.05, 3.63) is 41.7 Å². The van der Waals surface area contributed by atoms with Gasteiger partial charge in [0.15, 0.2) is 6.19 Å². The minimum absolute atomic E-state index is 0.575. The zero-order valence-corrected chi connectivity index (χ0v) is 11.3. The zero-order chi connectivity index (χ0) is 13.9. The number of rotatable bonds is 3. The molecular formula is C15H15N5. The van der Waals surface area contributed by atoms with Gasteiger partial charge in [-0.2, -0.15) is 5.26 Å². The van der Waals surface area contributed by atoms with Gasteiger partial charge in [-0.1, -0.05) is 6.07 Å². The number of aromatic nitrogens is 2. The topological polar surface area (TPSA) is 64.8 Å². The van der Waals surface area contributed by atoms with E-state index in [0.29, 0.717) is 11.6 Å². The first-order valence-corrected chi connectivity index (χ1v) is 6.60. The summed E-state index contributed by atoms with van der Waals surface area (Å²) in [6, 6.07) is 8.18. The Morgan fingerprint density at radius 1 is 1.20 bits per heavy atom. The van der Waals surface area contributed by atoms with Crippen LogP contribution in [0, 0.1) is 11.5 Å². The summed E-state index contributed by atoms with van der Waals surface area (Å²) in [7, 11) is 1.67. The quantitative estimate of drug-likeness (QED) is 0.682. The number of aryl methyl sites for hydroxylation is 2. The van der Waals surface area contributed by atoms with Gasteiger partial charge in [-0.25, -0.2) is 9.97 Å². The van der Waals surface area contributed by atoms with Crippen molar-refractivity contribution >= 4 is 17.3 Å². The van der Waals surface area contributed by atoms with Gasteiger partial charge in [-0.3, -0.25) is 4.90 Å². The summed E-state index contributed by atoms with van der Waals surface area (Å²) in [4.78, 5) is 9.65. The van der Waals surface area contributed by atoms with E-state index in [1.165, 1.54) is 35.2 Å². The molecule has 0 radical (unpaired) electrons. The maximum atomic E-state index is 8.87. The Hall–Kier alpha value is -2.61. The third-order valence-corrected chi connectivity index (χ3v) is 3.52. The van der Waals surface area contributed by atoms with Crippen LogP contribution in [0.5, 0.6) is 0 Å². The van der Waals surface area contributed by atoms with Gasteiger partial charge in [0, 0.05) is 18.8 Å². The minimum Gasteiger partial charge on any atom is -0.340 e. The van der Waals surface area contributed by atoms with Crippen molar-refractivity contribution in [1.82, 2.24) is 9.97 Å². The van der Waals surface area contributed by atoms with E-state index in [9.17, 15) is 0 Å². The average molecular weight is 265 g/mol. The number of hydrogen-bond acceptors (Lipinski definition) is 5. The second-order valence-corrected chi connectivity index (χ2v) is 4.88. The third-order valence-electron chi connectivity index (χ3n) is 3.52. The van der Waals surface area contributed by atoms with Crippen LogP contribution in [0.2, 0.25) is 0 Å². The lowest BCUT2D eigenvalue weighted by molar-refractivity contribution is 0.912. The molecule has 5 heteroatoms. The summed E-state index contributed by atoms with van der Waals surface area (Å²) in [6.07, 6.45) is 7.05. The number of hydrogen-bond donors (Lipinski definition) is 1. The van der Waals surface area contributed by atoms with Crippen LogP contribution in [0.1, 0.15) is 17.5 Å². The Labute approximate surface area is 117 Å². The van der Waals surface area contributed by atoms with E-state index in [2.05, 4.69) is 33.5 Å². The van der Waals surface area contributed by atoms with Crippen LogP contribution in [0.3, 0.4) is 0 Å². The van der Waals surface area contributed by atoms with Gasteiger partial charge in [0.2, 0.25) is 0 Å². The van der Waals surface area contributed by atoms with Gasteiger partial charge in [-0.15, -0.1) is 0 Å². The molecule has 1 aromatic carbocycles. The van der Waals surface area contributed by atoms with Crippen molar-refractivity contribution in [2.24, 2.45) is 0 Å². The molecule has 0 bridgehead atoms. The summed E-state index contributed by atoms with van der Waals surface area (Å²) in [5, 5.41) is 12.1. The lowest BCUT2D eigenvalue weighted by Crippen LogP contribution is -2.10. The van der Waals surface area contributed by atoms with Gasteiger partial charge >= 0.3 is 0 Å². The fourth-order valence-corrected chi connectivity index (χ4v) is 2.45. The number of benzene rings is 1. The van der Waals surface area contributed by atoms with E-state index in [4.69, 9.17) is 5.26 Å². The van der Waals surface area contributed by atoms with Crippen molar-refractivity contribution in [3.63, 3.8) is 0 Å². The van der Waals surface area contributed by atoms with Crippen molar-refractivity contribution in [2.45, 2.75) is 19.3 Å². The third kappa shape index (κ3) is 2.41. The van der Waals surface area contributed by atoms with Gasteiger partial charge in [0.25, 0.3) is 0 Å². The lowest BCUT2D eigenvalue weighted by atomic mass is 10.1. The molecule has 0 spiro atoms. The molecule has 0 saturated heterocycles. The van der Waals surface area contributed by atoms with E-state index in [0.717, 1.165) is 12.1 Å². The highest BCUT2D eigenvalue weighted by molar-refractivity contribution is 5.61. The fourth-order valence-electron chi connectivity index (χ4n) is 2.45. The number of fused-ring (bicyclic) bond motifs is 1. The largest absolute Gasteiger partial charge is 0.340 e. The number of nitriles is 1. The van der Waals surface area contributed by atoms with E-state index in [1.807, 2.05) is 6.19 Å². The van der Waals surface area contributed by atoms with Crippen molar-refractivity contribution in [2.75, 3.05) is 17.3 Å². The van der Waals surface area contributed by atoms with Gasteiger partial charge < -0.3 is 5.32 Å². The van der Waals surface area contributed by atoms with E-state index in [-0.39, 0.29) is 0 Å². The molecule has 100 valence electrons. The SMILES string of the molecule is CN(C#N)c1cc(Nc2ccc3c(c2)CCC3)ncn1. The molecule has 0 fully saturated rings. The Morgan fingerprint density at radius 3 is 2.90 bits per heavy atom. The lowest BCUT2D eigenvalue weighted by Gasteiger charge is -2.11. The molecule has 2 aromatic rings. The first-order chi connectivity index (χ1) is 9.76. The fraction of sp³-hybridized carbons (Fsp3) is 0.267. The summed E-state index contributed by atoms with van der Waals surface area (Å²) in [5.41, 5.74) is 3.89. The van der Waals surface area contributed by atoms with Gasteiger partial charge in [0.05, 0.1) is 0 Å². The van der Waals surface area contributed by atoms with Crippen LogP contribution in [0.25, 0.3) is 0 Å². The van der Waals surface area contributed by atoms with Crippen LogP contribution in [0.15, 0.2) is 30.6 Å².